The summed E-state index contributed by atoms with van der Waals surface area (Å²) in [5.41, 5.74) is 0.691. The lowest BCUT2D eigenvalue weighted by Gasteiger charge is -2.33. The standard InChI is InChI=1S/C33H33Cl2N3O5S/c1-3-31(33(40)36-4-2)37(22-28-29(34)16-11-17-30(28)35)32(39)23-38(44(41,42)27-14-9-6-10-15-27)24-18-20-26(21-19-24)43-25-12-7-5-8-13-25/h5-21,31H,3-4,22-23H2,1-2H3,(H,36,40)/t31-/m0/s1. The van der Waals surface area contributed by atoms with E-state index in [4.69, 9.17) is 27.9 Å². The maximum atomic E-state index is 14.2. The van der Waals surface area contributed by atoms with Gasteiger partial charge in [-0.2, -0.15) is 0 Å². The number of carbonyl (C=O) groups excluding carboxylic acids is 2. The second kappa shape index (κ2) is 15.1. The van der Waals surface area contributed by atoms with Crippen molar-refractivity contribution in [3.05, 3.63) is 119 Å². The Morgan fingerprint density at radius 3 is 1.93 bits per heavy atom. The fourth-order valence-electron chi connectivity index (χ4n) is 4.62. The van der Waals surface area contributed by atoms with Crippen molar-refractivity contribution in [3.63, 3.8) is 0 Å². The molecule has 0 unspecified atom stereocenters. The lowest BCUT2D eigenvalue weighted by molar-refractivity contribution is -0.140. The highest BCUT2D eigenvalue weighted by atomic mass is 35.5. The summed E-state index contributed by atoms with van der Waals surface area (Å²) in [5.74, 6) is 0.129. The molecule has 0 fully saturated rings. The molecule has 0 aromatic heterocycles. The number of hydrogen-bond acceptors (Lipinski definition) is 5. The van der Waals surface area contributed by atoms with Crippen LogP contribution in [0.15, 0.2) is 108 Å². The molecule has 4 rings (SSSR count). The number of anilines is 1. The minimum atomic E-state index is -4.21. The topological polar surface area (TPSA) is 96.0 Å². The Balaban J connectivity index is 1.74. The average molecular weight is 655 g/mol. The number of amides is 2. The highest BCUT2D eigenvalue weighted by molar-refractivity contribution is 7.92. The maximum absolute atomic E-state index is 14.2. The molecule has 0 aliphatic heterocycles. The molecule has 1 N–H and O–H groups in total. The quantitative estimate of drug-likeness (QED) is 0.169. The van der Waals surface area contributed by atoms with Gasteiger partial charge < -0.3 is 15.0 Å². The van der Waals surface area contributed by atoms with Crippen LogP contribution in [0, 0.1) is 0 Å². The fraction of sp³-hybridized carbons (Fsp3) is 0.212. The molecule has 0 aliphatic rings. The molecule has 8 nitrogen and oxygen atoms in total. The first kappa shape index (κ1) is 32.9. The summed E-state index contributed by atoms with van der Waals surface area (Å²) in [7, 11) is -4.21. The van der Waals surface area contributed by atoms with Gasteiger partial charge in [0.25, 0.3) is 10.0 Å². The van der Waals surface area contributed by atoms with Gasteiger partial charge >= 0.3 is 0 Å². The summed E-state index contributed by atoms with van der Waals surface area (Å²) in [6, 6.07) is 27.5. The number of halogens is 2. The highest BCUT2D eigenvalue weighted by Crippen LogP contribution is 2.30. The van der Waals surface area contributed by atoms with E-state index < -0.39 is 28.5 Å². The summed E-state index contributed by atoms with van der Waals surface area (Å²) in [5, 5.41) is 3.42. The number of rotatable bonds is 13. The Bertz CT molecular complexity index is 1650. The van der Waals surface area contributed by atoms with Crippen molar-refractivity contribution in [2.45, 2.75) is 37.8 Å². The van der Waals surface area contributed by atoms with Crippen molar-refractivity contribution < 1.29 is 22.7 Å². The van der Waals surface area contributed by atoms with Gasteiger partial charge in [-0.1, -0.05) is 72.6 Å². The smallest absolute Gasteiger partial charge is 0.264 e. The Kier molecular flexibility index (Phi) is 11.3. The zero-order chi connectivity index (χ0) is 31.7. The Morgan fingerprint density at radius 1 is 0.795 bits per heavy atom. The molecule has 0 saturated carbocycles. The number of hydrogen-bond donors (Lipinski definition) is 1. The van der Waals surface area contributed by atoms with Gasteiger partial charge in [0.2, 0.25) is 11.8 Å². The van der Waals surface area contributed by atoms with Gasteiger partial charge in [-0.05, 0) is 74.0 Å². The van der Waals surface area contributed by atoms with Gasteiger partial charge in [0.1, 0.15) is 24.1 Å². The van der Waals surface area contributed by atoms with Crippen LogP contribution in [0.4, 0.5) is 5.69 Å². The van der Waals surface area contributed by atoms with Crippen LogP contribution in [0.1, 0.15) is 25.8 Å². The molecule has 0 bridgehead atoms. The maximum Gasteiger partial charge on any atom is 0.264 e. The average Bonchev–Trinajstić information content (AvgIpc) is 3.02. The molecule has 0 heterocycles. The van der Waals surface area contributed by atoms with E-state index in [0.29, 0.717) is 33.7 Å². The molecule has 0 radical (unpaired) electrons. The number of nitrogens with zero attached hydrogens (tertiary/aromatic N) is 2. The molecule has 230 valence electrons. The molecule has 44 heavy (non-hydrogen) atoms. The van der Waals surface area contributed by atoms with E-state index in [1.165, 1.54) is 17.0 Å². The van der Waals surface area contributed by atoms with E-state index in [2.05, 4.69) is 5.32 Å². The van der Waals surface area contributed by atoms with E-state index in [1.807, 2.05) is 18.2 Å². The second-order valence-corrected chi connectivity index (χ2v) is 12.5. The molecule has 11 heteroatoms. The minimum Gasteiger partial charge on any atom is -0.457 e. The van der Waals surface area contributed by atoms with Crippen molar-refractivity contribution in [1.29, 1.82) is 0 Å². The zero-order valence-electron chi connectivity index (χ0n) is 24.3. The van der Waals surface area contributed by atoms with E-state index in [9.17, 15) is 18.0 Å². The van der Waals surface area contributed by atoms with Crippen LogP contribution in [0.3, 0.4) is 0 Å². The van der Waals surface area contributed by atoms with Crippen LogP contribution in [-0.4, -0.2) is 44.3 Å². The predicted molar refractivity (Wildman–Crippen MR) is 174 cm³/mol. The zero-order valence-corrected chi connectivity index (χ0v) is 26.6. The third kappa shape index (κ3) is 7.91. The van der Waals surface area contributed by atoms with Gasteiger partial charge in [0.05, 0.1) is 10.6 Å². The first-order valence-corrected chi connectivity index (χ1v) is 16.3. The van der Waals surface area contributed by atoms with Crippen LogP contribution in [0.5, 0.6) is 11.5 Å². The van der Waals surface area contributed by atoms with Crippen molar-refractivity contribution in [2.75, 3.05) is 17.4 Å². The molecule has 0 aliphatic carbocycles. The van der Waals surface area contributed by atoms with Crippen molar-refractivity contribution in [3.8, 4) is 11.5 Å². The number of likely N-dealkylation sites (N-methyl/N-ethyl adjacent to an activating group) is 1. The van der Waals surface area contributed by atoms with Gasteiger partial charge in [-0.25, -0.2) is 8.42 Å². The normalized spacial score (nSPS) is 11.8. The third-order valence-corrected chi connectivity index (χ3v) is 9.34. The predicted octanol–water partition coefficient (Wildman–Crippen LogP) is 6.92. The first-order valence-electron chi connectivity index (χ1n) is 14.1. The largest absolute Gasteiger partial charge is 0.457 e. The van der Waals surface area contributed by atoms with Crippen molar-refractivity contribution >= 4 is 50.7 Å². The summed E-state index contributed by atoms with van der Waals surface area (Å²) in [6.07, 6.45) is 0.274. The number of para-hydroxylation sites is 1. The van der Waals surface area contributed by atoms with Crippen molar-refractivity contribution in [2.24, 2.45) is 0 Å². The summed E-state index contributed by atoms with van der Waals surface area (Å²) < 4.78 is 34.9. The lowest BCUT2D eigenvalue weighted by atomic mass is 10.1. The Labute approximate surface area is 268 Å². The molecule has 0 spiro atoms. The monoisotopic (exact) mass is 653 g/mol. The fourth-order valence-corrected chi connectivity index (χ4v) is 6.57. The number of sulfonamides is 1. The van der Waals surface area contributed by atoms with Crippen LogP contribution in [0.25, 0.3) is 0 Å². The van der Waals surface area contributed by atoms with Crippen LogP contribution < -0.4 is 14.4 Å². The number of ether oxygens (including phenoxy) is 1. The summed E-state index contributed by atoms with van der Waals surface area (Å²) in [6.45, 7) is 3.22. The number of carbonyl (C=O) groups is 2. The SMILES string of the molecule is CCNC(=O)[C@H](CC)N(Cc1c(Cl)cccc1Cl)C(=O)CN(c1ccc(Oc2ccccc2)cc1)S(=O)(=O)c1ccccc1. The summed E-state index contributed by atoms with van der Waals surface area (Å²) >= 11 is 12.9. The Morgan fingerprint density at radius 2 is 1.36 bits per heavy atom. The Hall–Kier alpha value is -4.05. The first-order chi connectivity index (χ1) is 21.1. The third-order valence-electron chi connectivity index (χ3n) is 6.84. The van der Waals surface area contributed by atoms with E-state index >= 15 is 0 Å². The number of nitrogens with one attached hydrogen (secondary N) is 1. The molecular formula is C33H33Cl2N3O5S. The lowest BCUT2D eigenvalue weighted by Crippen LogP contribution is -2.52. The molecule has 1 atom stereocenters. The molecular weight excluding hydrogens is 621 g/mol. The van der Waals surface area contributed by atoms with Gasteiger partial charge in [-0.3, -0.25) is 13.9 Å². The second-order valence-electron chi connectivity index (χ2n) is 9.77. The molecule has 4 aromatic carbocycles. The van der Waals surface area contributed by atoms with Crippen LogP contribution in [-0.2, 0) is 26.2 Å². The number of benzene rings is 4. The molecule has 0 saturated heterocycles. The van der Waals surface area contributed by atoms with Crippen LogP contribution in [0.2, 0.25) is 10.0 Å². The highest BCUT2D eigenvalue weighted by Gasteiger charge is 2.34. The van der Waals surface area contributed by atoms with E-state index in [-0.39, 0.29) is 29.5 Å². The molecule has 4 aromatic rings. The van der Waals surface area contributed by atoms with Gasteiger partial charge in [-0.15, -0.1) is 0 Å². The van der Waals surface area contributed by atoms with Crippen molar-refractivity contribution in [1.82, 2.24) is 10.2 Å². The minimum absolute atomic E-state index is 0.00822. The van der Waals surface area contributed by atoms with E-state index in [0.717, 1.165) is 4.31 Å². The van der Waals surface area contributed by atoms with Crippen LogP contribution >= 0.6 is 23.2 Å². The molecule has 2 amide bonds. The van der Waals surface area contributed by atoms with E-state index in [1.54, 1.807) is 86.6 Å². The van der Waals surface area contributed by atoms with Gasteiger partial charge in [0.15, 0.2) is 0 Å². The van der Waals surface area contributed by atoms with Gasteiger partial charge in [0, 0.05) is 28.7 Å². The summed E-state index contributed by atoms with van der Waals surface area (Å²) in [4.78, 5) is 28.6.